The first-order valence-electron chi connectivity index (χ1n) is 6.80. The second-order valence-electron chi connectivity index (χ2n) is 5.92. The molecule has 0 aliphatic heterocycles. The molecule has 1 aromatic carbocycles. The fourth-order valence-electron chi connectivity index (χ4n) is 2.04. The molecule has 1 aromatic rings. The van der Waals surface area contributed by atoms with Crippen molar-refractivity contribution < 1.29 is 8.42 Å². The number of nitrogens with zero attached hydrogens (tertiary/aromatic N) is 1. The Morgan fingerprint density at radius 3 is 1.76 bits per heavy atom. The number of sulfonamides is 1. The molecule has 0 saturated carbocycles. The maximum atomic E-state index is 13.0. The standard InChI is InChI=1S/C14H22Br2N2O2S/c1-9(2)7-18(8-10(3)4)21(19,20)14-12(15)5-11(17)6-13(14)16/h5-6,9-10H,7-8,17H2,1-4H3. The Morgan fingerprint density at radius 1 is 1.05 bits per heavy atom. The van der Waals surface area contributed by atoms with Gasteiger partial charge in [-0.2, -0.15) is 4.31 Å². The number of rotatable bonds is 6. The van der Waals surface area contributed by atoms with E-state index in [0.717, 1.165) is 0 Å². The van der Waals surface area contributed by atoms with Gasteiger partial charge in [0.15, 0.2) is 0 Å². The summed E-state index contributed by atoms with van der Waals surface area (Å²) in [6.45, 7) is 9.02. The molecule has 0 aromatic heterocycles. The molecule has 120 valence electrons. The van der Waals surface area contributed by atoms with Crippen molar-refractivity contribution in [1.82, 2.24) is 4.31 Å². The topological polar surface area (TPSA) is 63.4 Å². The zero-order valence-electron chi connectivity index (χ0n) is 12.7. The first-order valence-corrected chi connectivity index (χ1v) is 9.83. The molecule has 1 rings (SSSR count). The number of anilines is 1. The van der Waals surface area contributed by atoms with E-state index in [1.165, 1.54) is 0 Å². The quantitative estimate of drug-likeness (QED) is 0.676. The Labute approximate surface area is 144 Å². The monoisotopic (exact) mass is 440 g/mol. The Bertz CT molecular complexity index is 568. The van der Waals surface area contributed by atoms with Crippen molar-refractivity contribution >= 4 is 47.6 Å². The van der Waals surface area contributed by atoms with Crippen LogP contribution in [0.2, 0.25) is 0 Å². The third-order valence-electron chi connectivity index (χ3n) is 2.76. The van der Waals surface area contributed by atoms with Crippen molar-refractivity contribution in [2.75, 3.05) is 18.8 Å². The maximum Gasteiger partial charge on any atom is 0.245 e. The second kappa shape index (κ2) is 7.44. The highest BCUT2D eigenvalue weighted by atomic mass is 79.9. The second-order valence-corrected chi connectivity index (χ2v) is 9.51. The fourth-order valence-corrected chi connectivity index (χ4v) is 6.35. The predicted molar refractivity (Wildman–Crippen MR) is 94.7 cm³/mol. The van der Waals surface area contributed by atoms with E-state index < -0.39 is 10.0 Å². The molecule has 21 heavy (non-hydrogen) atoms. The molecule has 0 amide bonds. The minimum atomic E-state index is -3.59. The van der Waals surface area contributed by atoms with Crippen LogP contribution in [0, 0.1) is 11.8 Å². The van der Waals surface area contributed by atoms with E-state index in [4.69, 9.17) is 5.73 Å². The van der Waals surface area contributed by atoms with Gasteiger partial charge in [-0.05, 0) is 55.8 Å². The van der Waals surface area contributed by atoms with Gasteiger partial charge in [0.1, 0.15) is 4.90 Å². The molecule has 7 heteroatoms. The molecule has 0 bridgehead atoms. The van der Waals surface area contributed by atoms with Crippen molar-refractivity contribution in [2.45, 2.75) is 32.6 Å². The van der Waals surface area contributed by atoms with Crippen LogP contribution in [0.15, 0.2) is 26.0 Å². The molecule has 2 N–H and O–H groups in total. The van der Waals surface area contributed by atoms with Gasteiger partial charge in [0.05, 0.1) is 0 Å². The van der Waals surface area contributed by atoms with Gasteiger partial charge in [-0.15, -0.1) is 0 Å². The molecular weight excluding hydrogens is 420 g/mol. The van der Waals surface area contributed by atoms with Gasteiger partial charge in [-0.1, -0.05) is 27.7 Å². The van der Waals surface area contributed by atoms with Gasteiger partial charge in [0.2, 0.25) is 10.0 Å². The van der Waals surface area contributed by atoms with E-state index in [9.17, 15) is 8.42 Å². The third-order valence-corrected chi connectivity index (χ3v) is 6.47. The molecule has 0 unspecified atom stereocenters. The van der Waals surface area contributed by atoms with Gasteiger partial charge >= 0.3 is 0 Å². The van der Waals surface area contributed by atoms with E-state index in [0.29, 0.717) is 27.7 Å². The molecule has 0 aliphatic carbocycles. The lowest BCUT2D eigenvalue weighted by molar-refractivity contribution is 0.333. The zero-order chi connectivity index (χ0) is 16.4. The van der Waals surface area contributed by atoms with Crippen LogP contribution in [0.4, 0.5) is 5.69 Å². The normalized spacial score (nSPS) is 12.6. The van der Waals surface area contributed by atoms with E-state index in [1.54, 1.807) is 16.4 Å². The molecule has 0 radical (unpaired) electrons. The van der Waals surface area contributed by atoms with Crippen molar-refractivity contribution in [3.8, 4) is 0 Å². The Hall–Kier alpha value is -0.110. The molecular formula is C14H22Br2N2O2S. The first kappa shape index (κ1) is 18.9. The summed E-state index contributed by atoms with van der Waals surface area (Å²) in [5.74, 6) is 0.509. The summed E-state index contributed by atoms with van der Waals surface area (Å²) in [7, 11) is -3.59. The van der Waals surface area contributed by atoms with Gasteiger partial charge < -0.3 is 5.73 Å². The summed E-state index contributed by atoms with van der Waals surface area (Å²) in [6, 6.07) is 3.22. The van der Waals surface area contributed by atoms with Gasteiger partial charge in [0.25, 0.3) is 0 Å². The zero-order valence-corrected chi connectivity index (χ0v) is 16.7. The number of hydrogen-bond donors (Lipinski definition) is 1. The van der Waals surface area contributed by atoms with Crippen molar-refractivity contribution in [3.63, 3.8) is 0 Å². The minimum Gasteiger partial charge on any atom is -0.399 e. The number of nitrogen functional groups attached to an aromatic ring is 1. The van der Waals surface area contributed by atoms with E-state index >= 15 is 0 Å². The largest absolute Gasteiger partial charge is 0.399 e. The van der Waals surface area contributed by atoms with Crippen LogP contribution in [0.3, 0.4) is 0 Å². The average Bonchev–Trinajstić information content (AvgIpc) is 2.24. The van der Waals surface area contributed by atoms with Crippen molar-refractivity contribution in [1.29, 1.82) is 0 Å². The summed E-state index contributed by atoms with van der Waals surface area (Å²) >= 11 is 6.64. The number of hydrogen-bond acceptors (Lipinski definition) is 3. The summed E-state index contributed by atoms with van der Waals surface area (Å²) < 4.78 is 28.5. The Balaban J connectivity index is 3.35. The van der Waals surface area contributed by atoms with Crippen LogP contribution in [-0.2, 0) is 10.0 Å². The molecule has 0 atom stereocenters. The highest BCUT2D eigenvalue weighted by molar-refractivity contribution is 9.11. The Morgan fingerprint density at radius 2 is 1.43 bits per heavy atom. The molecule has 4 nitrogen and oxygen atoms in total. The summed E-state index contributed by atoms with van der Waals surface area (Å²) in [4.78, 5) is 0.234. The van der Waals surface area contributed by atoms with E-state index in [-0.39, 0.29) is 16.7 Å². The molecule has 0 aliphatic rings. The smallest absolute Gasteiger partial charge is 0.245 e. The highest BCUT2D eigenvalue weighted by Crippen LogP contribution is 2.34. The third kappa shape index (κ3) is 4.94. The Kier molecular flexibility index (Phi) is 6.71. The molecule has 0 heterocycles. The summed E-state index contributed by atoms with van der Waals surface area (Å²) in [6.07, 6.45) is 0. The van der Waals surface area contributed by atoms with Crippen LogP contribution in [-0.4, -0.2) is 25.8 Å². The van der Waals surface area contributed by atoms with Crippen LogP contribution >= 0.6 is 31.9 Å². The number of halogens is 2. The predicted octanol–water partition coefficient (Wildman–Crippen LogP) is 4.10. The average molecular weight is 442 g/mol. The summed E-state index contributed by atoms with van der Waals surface area (Å²) in [5.41, 5.74) is 6.25. The van der Waals surface area contributed by atoms with Crippen LogP contribution < -0.4 is 5.73 Å². The molecule has 0 spiro atoms. The fraction of sp³-hybridized carbons (Fsp3) is 0.571. The van der Waals surface area contributed by atoms with Crippen LogP contribution in [0.5, 0.6) is 0 Å². The lowest BCUT2D eigenvalue weighted by Gasteiger charge is -2.26. The summed E-state index contributed by atoms with van der Waals surface area (Å²) in [5, 5.41) is 0. The molecule has 0 fully saturated rings. The van der Waals surface area contributed by atoms with Gasteiger partial charge in [-0.3, -0.25) is 0 Å². The van der Waals surface area contributed by atoms with Gasteiger partial charge in [-0.25, -0.2) is 8.42 Å². The first-order chi connectivity index (χ1) is 9.55. The van der Waals surface area contributed by atoms with Crippen LogP contribution in [0.25, 0.3) is 0 Å². The van der Waals surface area contributed by atoms with Crippen molar-refractivity contribution in [3.05, 3.63) is 21.1 Å². The van der Waals surface area contributed by atoms with Crippen LogP contribution in [0.1, 0.15) is 27.7 Å². The van der Waals surface area contributed by atoms with Crippen molar-refractivity contribution in [2.24, 2.45) is 11.8 Å². The lowest BCUT2D eigenvalue weighted by atomic mass is 10.2. The lowest BCUT2D eigenvalue weighted by Crippen LogP contribution is -2.37. The maximum absolute atomic E-state index is 13.0. The molecule has 0 saturated heterocycles. The minimum absolute atomic E-state index is 0.234. The number of nitrogens with two attached hydrogens (primary N) is 1. The van der Waals surface area contributed by atoms with E-state index in [1.807, 2.05) is 27.7 Å². The highest BCUT2D eigenvalue weighted by Gasteiger charge is 2.30. The van der Waals surface area contributed by atoms with E-state index in [2.05, 4.69) is 31.9 Å². The van der Waals surface area contributed by atoms with Gasteiger partial charge in [0, 0.05) is 27.7 Å². The SMILES string of the molecule is CC(C)CN(CC(C)C)S(=O)(=O)c1c(Br)cc(N)cc1Br. The number of benzene rings is 1.